The van der Waals surface area contributed by atoms with Gasteiger partial charge in [0.05, 0.1) is 17.3 Å². The number of carbonyl (C=O) groups excluding carboxylic acids is 1. The SMILES string of the molecule is C[C@@H](N)c1ccc(C(=O)Nc2ccnc3[nH]ncc23)cc1N=[N+]=[N-]. The first kappa shape index (κ1) is 15.5. The number of nitrogens with zero attached hydrogens (tertiary/aromatic N) is 5. The van der Waals surface area contributed by atoms with Crippen LogP contribution in [0.3, 0.4) is 0 Å². The number of fused-ring (bicyclic) bond motifs is 1. The number of aromatic nitrogens is 3. The van der Waals surface area contributed by atoms with Gasteiger partial charge in [-0.05, 0) is 36.2 Å². The highest BCUT2D eigenvalue weighted by atomic mass is 16.1. The highest BCUT2D eigenvalue weighted by Gasteiger charge is 2.13. The lowest BCUT2D eigenvalue weighted by Gasteiger charge is -2.11. The lowest BCUT2D eigenvalue weighted by Crippen LogP contribution is -2.13. The third kappa shape index (κ3) is 2.89. The van der Waals surface area contributed by atoms with Crippen molar-refractivity contribution in [3.05, 3.63) is 58.2 Å². The molecule has 0 radical (unpaired) electrons. The van der Waals surface area contributed by atoms with Gasteiger partial charge in [0.2, 0.25) is 0 Å². The van der Waals surface area contributed by atoms with Crippen molar-refractivity contribution in [2.45, 2.75) is 13.0 Å². The van der Waals surface area contributed by atoms with Gasteiger partial charge < -0.3 is 11.1 Å². The second kappa shape index (κ2) is 6.37. The summed E-state index contributed by atoms with van der Waals surface area (Å²) in [6, 6.07) is 6.21. The van der Waals surface area contributed by atoms with Crippen LogP contribution in [0.25, 0.3) is 21.5 Å². The monoisotopic (exact) mass is 322 g/mol. The molecule has 0 aliphatic rings. The fourth-order valence-electron chi connectivity index (χ4n) is 2.36. The number of nitrogens with one attached hydrogen (secondary N) is 2. The van der Waals surface area contributed by atoms with Crippen molar-refractivity contribution in [1.29, 1.82) is 0 Å². The van der Waals surface area contributed by atoms with Gasteiger partial charge in [-0.1, -0.05) is 11.2 Å². The summed E-state index contributed by atoms with van der Waals surface area (Å²) in [6.07, 6.45) is 3.16. The van der Waals surface area contributed by atoms with Crippen LogP contribution in [0, 0.1) is 0 Å². The zero-order valence-electron chi connectivity index (χ0n) is 12.8. The molecule has 0 bridgehead atoms. The third-order valence-electron chi connectivity index (χ3n) is 3.54. The lowest BCUT2D eigenvalue weighted by molar-refractivity contribution is 0.102. The van der Waals surface area contributed by atoms with Crippen molar-refractivity contribution in [2.24, 2.45) is 10.8 Å². The van der Waals surface area contributed by atoms with Gasteiger partial charge in [0.25, 0.3) is 5.91 Å². The average Bonchev–Trinajstić information content (AvgIpc) is 3.04. The molecular weight excluding hydrogens is 308 g/mol. The van der Waals surface area contributed by atoms with E-state index in [9.17, 15) is 4.79 Å². The van der Waals surface area contributed by atoms with E-state index in [4.69, 9.17) is 11.3 Å². The van der Waals surface area contributed by atoms with Crippen LogP contribution in [0.15, 0.2) is 41.8 Å². The summed E-state index contributed by atoms with van der Waals surface area (Å²) in [7, 11) is 0. The number of rotatable bonds is 4. The molecule has 0 fully saturated rings. The molecule has 24 heavy (non-hydrogen) atoms. The van der Waals surface area contributed by atoms with Gasteiger partial charge in [0.15, 0.2) is 5.65 Å². The van der Waals surface area contributed by atoms with Gasteiger partial charge in [-0.25, -0.2) is 4.98 Å². The van der Waals surface area contributed by atoms with Crippen LogP contribution < -0.4 is 11.1 Å². The Morgan fingerprint density at radius 1 is 1.46 bits per heavy atom. The number of nitrogens with two attached hydrogens (primary N) is 1. The van der Waals surface area contributed by atoms with E-state index in [1.807, 2.05) is 0 Å². The first-order valence-electron chi connectivity index (χ1n) is 7.14. The molecular formula is C15H14N8O. The normalized spacial score (nSPS) is 11.8. The van der Waals surface area contributed by atoms with Crippen LogP contribution in [0.1, 0.15) is 28.9 Å². The van der Waals surface area contributed by atoms with Crippen molar-refractivity contribution in [3.8, 4) is 0 Å². The van der Waals surface area contributed by atoms with Gasteiger partial charge in [-0.15, -0.1) is 0 Å². The number of amides is 1. The van der Waals surface area contributed by atoms with Crippen molar-refractivity contribution < 1.29 is 4.79 Å². The largest absolute Gasteiger partial charge is 0.324 e. The molecule has 4 N–H and O–H groups in total. The number of anilines is 1. The molecule has 0 saturated heterocycles. The highest BCUT2D eigenvalue weighted by molar-refractivity contribution is 6.08. The molecule has 1 aromatic carbocycles. The van der Waals surface area contributed by atoms with E-state index in [1.165, 1.54) is 6.07 Å². The van der Waals surface area contributed by atoms with E-state index < -0.39 is 0 Å². The molecule has 1 atom stereocenters. The van der Waals surface area contributed by atoms with Crippen LogP contribution in [0.5, 0.6) is 0 Å². The Kier molecular flexibility index (Phi) is 4.11. The minimum atomic E-state index is -0.339. The van der Waals surface area contributed by atoms with E-state index in [-0.39, 0.29) is 11.9 Å². The van der Waals surface area contributed by atoms with Crippen molar-refractivity contribution in [2.75, 3.05) is 5.32 Å². The summed E-state index contributed by atoms with van der Waals surface area (Å²) >= 11 is 0. The van der Waals surface area contributed by atoms with Crippen LogP contribution >= 0.6 is 0 Å². The smallest absolute Gasteiger partial charge is 0.255 e. The summed E-state index contributed by atoms with van der Waals surface area (Å²) in [5, 5.41) is 13.8. The van der Waals surface area contributed by atoms with Crippen molar-refractivity contribution >= 4 is 28.3 Å². The Morgan fingerprint density at radius 2 is 2.29 bits per heavy atom. The molecule has 9 heteroatoms. The Hall–Kier alpha value is -3.42. The van der Waals surface area contributed by atoms with Gasteiger partial charge in [-0.2, -0.15) is 5.10 Å². The molecule has 0 saturated carbocycles. The summed E-state index contributed by atoms with van der Waals surface area (Å²) in [4.78, 5) is 19.4. The predicted octanol–water partition coefficient (Wildman–Crippen LogP) is 3.17. The molecule has 3 rings (SSSR count). The third-order valence-corrected chi connectivity index (χ3v) is 3.54. The molecule has 9 nitrogen and oxygen atoms in total. The predicted molar refractivity (Wildman–Crippen MR) is 89.7 cm³/mol. The maximum atomic E-state index is 12.5. The molecule has 2 heterocycles. The maximum absolute atomic E-state index is 12.5. The maximum Gasteiger partial charge on any atom is 0.255 e. The molecule has 0 unspecified atom stereocenters. The number of aromatic amines is 1. The number of azide groups is 1. The standard InChI is InChI=1S/C15H14N8O/c1-8(16)10-3-2-9(6-13(10)21-23-17)15(24)20-12-4-5-18-14-11(12)7-19-22-14/h2-8H,16H2,1H3,(H2,18,19,20,22,24)/t8-/m1/s1. The van der Waals surface area contributed by atoms with E-state index in [1.54, 1.807) is 37.5 Å². The summed E-state index contributed by atoms with van der Waals surface area (Å²) in [5.74, 6) is -0.339. The zero-order valence-corrected chi connectivity index (χ0v) is 12.8. The number of carbonyl (C=O) groups is 1. The lowest BCUT2D eigenvalue weighted by atomic mass is 10.0. The molecule has 0 aliphatic carbocycles. The molecule has 3 aromatic rings. The fourth-order valence-corrected chi connectivity index (χ4v) is 2.36. The highest BCUT2D eigenvalue weighted by Crippen LogP contribution is 2.27. The Balaban J connectivity index is 1.94. The van der Waals surface area contributed by atoms with Gasteiger partial charge >= 0.3 is 0 Å². The van der Waals surface area contributed by atoms with Crippen LogP contribution in [0.2, 0.25) is 0 Å². The topological polar surface area (TPSA) is 145 Å². The van der Waals surface area contributed by atoms with E-state index in [0.29, 0.717) is 33.5 Å². The quantitative estimate of drug-likeness (QED) is 0.384. The molecule has 2 aromatic heterocycles. The van der Waals surface area contributed by atoms with Crippen LogP contribution in [-0.2, 0) is 0 Å². The van der Waals surface area contributed by atoms with Gasteiger partial charge in [0.1, 0.15) is 0 Å². The number of benzene rings is 1. The number of hydrogen-bond donors (Lipinski definition) is 3. The molecule has 0 aliphatic heterocycles. The first-order chi connectivity index (χ1) is 11.6. The van der Waals surface area contributed by atoms with Crippen molar-refractivity contribution in [3.63, 3.8) is 0 Å². The summed E-state index contributed by atoms with van der Waals surface area (Å²) < 4.78 is 0. The van der Waals surface area contributed by atoms with Crippen LogP contribution in [0.4, 0.5) is 11.4 Å². The summed E-state index contributed by atoms with van der Waals surface area (Å²) in [6.45, 7) is 1.78. The Labute approximate surface area is 136 Å². The minimum Gasteiger partial charge on any atom is -0.324 e. The second-order valence-corrected chi connectivity index (χ2v) is 5.20. The van der Waals surface area contributed by atoms with Crippen LogP contribution in [-0.4, -0.2) is 21.1 Å². The van der Waals surface area contributed by atoms with Crippen molar-refractivity contribution in [1.82, 2.24) is 15.2 Å². The zero-order chi connectivity index (χ0) is 17.1. The van der Waals surface area contributed by atoms with E-state index in [0.717, 1.165) is 0 Å². The summed E-state index contributed by atoms with van der Waals surface area (Å²) in [5.41, 5.74) is 17.1. The average molecular weight is 322 g/mol. The minimum absolute atomic E-state index is 0.312. The number of hydrogen-bond acceptors (Lipinski definition) is 5. The van der Waals surface area contributed by atoms with Gasteiger partial charge in [-0.3, -0.25) is 9.89 Å². The van der Waals surface area contributed by atoms with E-state index in [2.05, 4.69) is 30.5 Å². The number of pyridine rings is 1. The van der Waals surface area contributed by atoms with Gasteiger partial charge in [0, 0.05) is 28.4 Å². The second-order valence-electron chi connectivity index (χ2n) is 5.20. The Bertz CT molecular complexity index is 955. The fraction of sp³-hybridized carbons (Fsp3) is 0.133. The molecule has 1 amide bonds. The first-order valence-corrected chi connectivity index (χ1v) is 7.14. The number of H-pyrrole nitrogens is 1. The molecule has 120 valence electrons. The molecule has 0 spiro atoms. The van der Waals surface area contributed by atoms with E-state index >= 15 is 0 Å². The Morgan fingerprint density at radius 3 is 3.04 bits per heavy atom.